The van der Waals surface area contributed by atoms with Crippen LogP contribution in [-0.2, 0) is 13.0 Å². The van der Waals surface area contributed by atoms with E-state index in [0.29, 0.717) is 0 Å². The molecule has 1 fully saturated rings. The number of aliphatic hydroxyl groups is 1. The van der Waals surface area contributed by atoms with Gasteiger partial charge < -0.3 is 9.67 Å². The van der Waals surface area contributed by atoms with Crippen molar-refractivity contribution in [2.45, 2.75) is 45.3 Å². The van der Waals surface area contributed by atoms with Gasteiger partial charge in [0, 0.05) is 5.69 Å². The summed E-state index contributed by atoms with van der Waals surface area (Å²) in [5, 5.41) is 9.76. The van der Waals surface area contributed by atoms with Crippen LogP contribution in [0, 0.1) is 6.92 Å². The quantitative estimate of drug-likeness (QED) is 0.761. The molecule has 0 atom stereocenters. The van der Waals surface area contributed by atoms with E-state index in [1.165, 1.54) is 5.69 Å². The van der Waals surface area contributed by atoms with Crippen molar-refractivity contribution in [1.29, 1.82) is 0 Å². The minimum atomic E-state index is -0.420. The first kappa shape index (κ1) is 8.75. The van der Waals surface area contributed by atoms with Gasteiger partial charge in [-0.05, 0) is 26.2 Å². The lowest BCUT2D eigenvalue weighted by atomic mass is 10.2. The van der Waals surface area contributed by atoms with E-state index < -0.39 is 5.60 Å². The topological polar surface area (TPSA) is 38.0 Å². The third-order valence-electron chi connectivity index (χ3n) is 2.78. The number of hydrogen-bond donors (Lipinski definition) is 1. The van der Waals surface area contributed by atoms with Crippen LogP contribution in [0.2, 0.25) is 0 Å². The molecule has 1 aromatic heterocycles. The van der Waals surface area contributed by atoms with Crippen molar-refractivity contribution in [3.05, 3.63) is 17.7 Å². The summed E-state index contributed by atoms with van der Waals surface area (Å²) in [5.41, 5.74) is 1.92. The molecule has 0 aromatic carbocycles. The molecule has 0 spiro atoms. The van der Waals surface area contributed by atoms with E-state index >= 15 is 0 Å². The summed E-state index contributed by atoms with van der Waals surface area (Å²) in [4.78, 5) is 4.25. The Morgan fingerprint density at radius 1 is 1.62 bits per heavy atom. The van der Waals surface area contributed by atoms with Crippen LogP contribution in [0.4, 0.5) is 0 Å². The first-order valence-corrected chi connectivity index (χ1v) is 4.87. The summed E-state index contributed by atoms with van der Waals surface area (Å²) >= 11 is 0. The number of nitrogens with zero attached hydrogens (tertiary/aromatic N) is 2. The monoisotopic (exact) mass is 180 g/mol. The first-order valence-electron chi connectivity index (χ1n) is 4.87. The van der Waals surface area contributed by atoms with E-state index in [-0.39, 0.29) is 0 Å². The average Bonchev–Trinajstić information content (AvgIpc) is 2.70. The highest BCUT2D eigenvalue weighted by Gasteiger charge is 2.40. The van der Waals surface area contributed by atoms with Gasteiger partial charge in [0.15, 0.2) is 0 Å². The number of aryl methyl sites for hydroxylation is 1. The minimum Gasteiger partial charge on any atom is -0.388 e. The van der Waals surface area contributed by atoms with E-state index in [1.807, 2.05) is 13.3 Å². The zero-order valence-corrected chi connectivity index (χ0v) is 8.25. The van der Waals surface area contributed by atoms with Crippen molar-refractivity contribution in [3.63, 3.8) is 0 Å². The summed E-state index contributed by atoms with van der Waals surface area (Å²) in [5.74, 6) is 0. The van der Waals surface area contributed by atoms with Crippen LogP contribution in [0.5, 0.6) is 0 Å². The number of imidazole rings is 1. The summed E-state index contributed by atoms with van der Waals surface area (Å²) in [7, 11) is 0. The van der Waals surface area contributed by atoms with Crippen LogP contribution >= 0.6 is 0 Å². The van der Waals surface area contributed by atoms with E-state index in [9.17, 15) is 5.11 Å². The van der Waals surface area contributed by atoms with E-state index in [2.05, 4.69) is 16.5 Å². The van der Waals surface area contributed by atoms with E-state index in [1.54, 1.807) is 0 Å². The Bertz CT molecular complexity index is 313. The Morgan fingerprint density at radius 2 is 2.31 bits per heavy atom. The maximum Gasteiger partial charge on any atom is 0.0952 e. The average molecular weight is 180 g/mol. The van der Waals surface area contributed by atoms with Crippen LogP contribution in [0.15, 0.2) is 6.33 Å². The second-order valence-electron chi connectivity index (χ2n) is 3.98. The second kappa shape index (κ2) is 2.84. The summed E-state index contributed by atoms with van der Waals surface area (Å²) in [6, 6.07) is 0. The molecule has 1 aliphatic rings. The molecule has 0 saturated heterocycles. The predicted octanol–water partition coefficient (Wildman–Crippen LogP) is 1.28. The molecule has 3 heteroatoms. The van der Waals surface area contributed by atoms with Gasteiger partial charge in [-0.3, -0.25) is 0 Å². The predicted molar refractivity (Wildman–Crippen MR) is 50.5 cm³/mol. The van der Waals surface area contributed by atoms with Gasteiger partial charge in [0.05, 0.1) is 24.2 Å². The molecule has 1 heterocycles. The number of hydrogen-bond acceptors (Lipinski definition) is 2. The maximum absolute atomic E-state index is 9.76. The molecule has 2 rings (SSSR count). The zero-order valence-electron chi connectivity index (χ0n) is 8.25. The third-order valence-corrected chi connectivity index (χ3v) is 2.78. The van der Waals surface area contributed by atoms with Gasteiger partial charge in [-0.1, -0.05) is 6.92 Å². The fraction of sp³-hybridized carbons (Fsp3) is 0.700. The summed E-state index contributed by atoms with van der Waals surface area (Å²) in [6.45, 7) is 4.86. The highest BCUT2D eigenvalue weighted by molar-refractivity contribution is 5.12. The molecule has 1 N–H and O–H groups in total. The molecular formula is C10H16N2O. The molecule has 1 aromatic rings. The molecule has 3 nitrogen and oxygen atoms in total. The van der Waals surface area contributed by atoms with Crippen molar-refractivity contribution < 1.29 is 5.11 Å². The van der Waals surface area contributed by atoms with Crippen LogP contribution < -0.4 is 0 Å². The Morgan fingerprint density at radius 3 is 2.85 bits per heavy atom. The fourth-order valence-corrected chi connectivity index (χ4v) is 1.72. The molecule has 0 bridgehead atoms. The second-order valence-corrected chi connectivity index (χ2v) is 3.98. The third kappa shape index (κ3) is 1.61. The molecule has 0 radical (unpaired) electrons. The molecule has 0 aliphatic heterocycles. The van der Waals surface area contributed by atoms with Crippen molar-refractivity contribution in [1.82, 2.24) is 9.55 Å². The Kier molecular flexibility index (Phi) is 1.91. The van der Waals surface area contributed by atoms with Crippen molar-refractivity contribution >= 4 is 0 Å². The van der Waals surface area contributed by atoms with Crippen LogP contribution in [0.1, 0.15) is 31.2 Å². The maximum atomic E-state index is 9.76. The summed E-state index contributed by atoms with van der Waals surface area (Å²) in [6.07, 6.45) is 4.70. The largest absolute Gasteiger partial charge is 0.388 e. The van der Waals surface area contributed by atoms with Crippen molar-refractivity contribution in [2.75, 3.05) is 0 Å². The first-order chi connectivity index (χ1) is 6.14. The SMILES string of the molecule is CCc1c(C)ncn1CC1(O)CC1. The van der Waals surface area contributed by atoms with Crippen molar-refractivity contribution in [2.24, 2.45) is 0 Å². The standard InChI is InChI=1S/C10H16N2O/c1-3-9-8(2)11-7-12(9)6-10(13)4-5-10/h7,13H,3-6H2,1-2H3. The molecule has 13 heavy (non-hydrogen) atoms. The Labute approximate surface area is 78.4 Å². The van der Waals surface area contributed by atoms with Gasteiger partial charge in [-0.2, -0.15) is 0 Å². The lowest BCUT2D eigenvalue weighted by Crippen LogP contribution is -2.17. The Balaban J connectivity index is 2.19. The Hall–Kier alpha value is -0.830. The molecular weight excluding hydrogens is 164 g/mol. The van der Waals surface area contributed by atoms with Gasteiger partial charge in [0.25, 0.3) is 0 Å². The van der Waals surface area contributed by atoms with Gasteiger partial charge in [-0.15, -0.1) is 0 Å². The minimum absolute atomic E-state index is 0.420. The molecule has 72 valence electrons. The van der Waals surface area contributed by atoms with Gasteiger partial charge in [0.2, 0.25) is 0 Å². The molecule has 1 aliphatic carbocycles. The lowest BCUT2D eigenvalue weighted by molar-refractivity contribution is 0.128. The highest BCUT2D eigenvalue weighted by atomic mass is 16.3. The smallest absolute Gasteiger partial charge is 0.0952 e. The van der Waals surface area contributed by atoms with Crippen molar-refractivity contribution in [3.8, 4) is 0 Å². The van der Waals surface area contributed by atoms with E-state index in [4.69, 9.17) is 0 Å². The zero-order chi connectivity index (χ0) is 9.47. The van der Waals surface area contributed by atoms with Gasteiger partial charge in [-0.25, -0.2) is 4.98 Å². The van der Waals surface area contributed by atoms with Crippen LogP contribution in [-0.4, -0.2) is 20.3 Å². The van der Waals surface area contributed by atoms with E-state index in [0.717, 1.165) is 31.5 Å². The number of aromatic nitrogens is 2. The number of rotatable bonds is 3. The summed E-state index contributed by atoms with van der Waals surface area (Å²) < 4.78 is 2.09. The van der Waals surface area contributed by atoms with Gasteiger partial charge in [0.1, 0.15) is 0 Å². The lowest BCUT2D eigenvalue weighted by Gasteiger charge is -2.11. The normalized spacial score (nSPS) is 19.0. The molecule has 0 unspecified atom stereocenters. The molecule has 1 saturated carbocycles. The van der Waals surface area contributed by atoms with Crippen LogP contribution in [0.25, 0.3) is 0 Å². The fourth-order valence-electron chi connectivity index (χ4n) is 1.72. The van der Waals surface area contributed by atoms with Gasteiger partial charge >= 0.3 is 0 Å². The molecule has 0 amide bonds. The highest BCUT2D eigenvalue weighted by Crippen LogP contribution is 2.36. The van der Waals surface area contributed by atoms with Crippen LogP contribution in [0.3, 0.4) is 0 Å².